The summed E-state index contributed by atoms with van der Waals surface area (Å²) in [6.45, 7) is 3.83. The van der Waals surface area contributed by atoms with E-state index in [4.69, 9.17) is 14.2 Å². The zero-order valence-electron chi connectivity index (χ0n) is 17.8. The van der Waals surface area contributed by atoms with Crippen molar-refractivity contribution in [1.29, 1.82) is 0 Å². The smallest absolute Gasteiger partial charge is 0.243 e. The Labute approximate surface area is 177 Å². The summed E-state index contributed by atoms with van der Waals surface area (Å²) in [5, 5.41) is 2.80. The van der Waals surface area contributed by atoms with Crippen LogP contribution in [0.1, 0.15) is 25.5 Å². The Morgan fingerprint density at radius 2 is 1.70 bits per heavy atom. The molecule has 2 aromatic rings. The molecule has 0 radical (unpaired) electrons. The van der Waals surface area contributed by atoms with Gasteiger partial charge in [0, 0.05) is 7.05 Å². The first-order valence-corrected chi connectivity index (χ1v) is 10.9. The Morgan fingerprint density at radius 1 is 1.07 bits per heavy atom. The van der Waals surface area contributed by atoms with Crippen molar-refractivity contribution < 1.29 is 27.4 Å². The molecule has 0 spiro atoms. The van der Waals surface area contributed by atoms with E-state index in [-0.39, 0.29) is 17.5 Å². The molecule has 1 N–H and O–H groups in total. The third-order valence-electron chi connectivity index (χ3n) is 4.49. The number of nitrogens with one attached hydrogen (secondary N) is 1. The molecule has 1 atom stereocenters. The van der Waals surface area contributed by atoms with Crippen LogP contribution in [-0.2, 0) is 14.8 Å². The highest BCUT2D eigenvalue weighted by molar-refractivity contribution is 7.89. The molecule has 8 nitrogen and oxygen atoms in total. The number of carbonyl (C=O) groups is 1. The average molecular weight is 437 g/mol. The molecule has 30 heavy (non-hydrogen) atoms. The van der Waals surface area contributed by atoms with Crippen LogP contribution in [0.2, 0.25) is 0 Å². The van der Waals surface area contributed by atoms with Gasteiger partial charge in [-0.1, -0.05) is 6.07 Å². The minimum atomic E-state index is -3.81. The highest BCUT2D eigenvalue weighted by Crippen LogP contribution is 2.29. The van der Waals surface area contributed by atoms with Gasteiger partial charge in [0.05, 0.1) is 38.3 Å². The van der Waals surface area contributed by atoms with Gasteiger partial charge in [-0.3, -0.25) is 4.79 Å². The summed E-state index contributed by atoms with van der Waals surface area (Å²) in [4.78, 5) is 12.5. The number of amides is 1. The minimum Gasteiger partial charge on any atom is -0.494 e. The van der Waals surface area contributed by atoms with E-state index in [2.05, 4.69) is 5.32 Å². The SMILES string of the molecule is CCOc1ccc(S(=O)(=O)N(C)CC(=O)N[C@H](C)c2ccc(OC)c(OC)c2)cc1. The predicted molar refractivity (Wildman–Crippen MR) is 114 cm³/mol. The van der Waals surface area contributed by atoms with E-state index >= 15 is 0 Å². The number of benzene rings is 2. The van der Waals surface area contributed by atoms with Gasteiger partial charge in [-0.15, -0.1) is 0 Å². The number of sulfonamides is 1. The lowest BCUT2D eigenvalue weighted by atomic mass is 10.1. The molecule has 0 saturated heterocycles. The third-order valence-corrected chi connectivity index (χ3v) is 6.31. The maximum atomic E-state index is 12.7. The van der Waals surface area contributed by atoms with Crippen LogP contribution < -0.4 is 19.5 Å². The number of carbonyl (C=O) groups excluding carboxylic acids is 1. The number of hydrogen-bond donors (Lipinski definition) is 1. The molecular weight excluding hydrogens is 408 g/mol. The zero-order chi connectivity index (χ0) is 22.3. The van der Waals surface area contributed by atoms with Gasteiger partial charge in [-0.2, -0.15) is 4.31 Å². The van der Waals surface area contributed by atoms with Crippen molar-refractivity contribution in [3.63, 3.8) is 0 Å². The summed E-state index contributed by atoms with van der Waals surface area (Å²) in [5.41, 5.74) is 0.804. The van der Waals surface area contributed by atoms with Crippen molar-refractivity contribution in [1.82, 2.24) is 9.62 Å². The Hall–Kier alpha value is -2.78. The monoisotopic (exact) mass is 436 g/mol. The topological polar surface area (TPSA) is 94.2 Å². The maximum Gasteiger partial charge on any atom is 0.243 e. The highest BCUT2D eigenvalue weighted by atomic mass is 32.2. The average Bonchev–Trinajstić information content (AvgIpc) is 2.73. The van der Waals surface area contributed by atoms with Gasteiger partial charge in [0.2, 0.25) is 15.9 Å². The maximum absolute atomic E-state index is 12.7. The number of hydrogen-bond acceptors (Lipinski definition) is 6. The molecule has 0 aliphatic rings. The first kappa shape index (κ1) is 23.5. The summed E-state index contributed by atoms with van der Waals surface area (Å²) >= 11 is 0. The molecule has 0 fully saturated rings. The largest absolute Gasteiger partial charge is 0.494 e. The molecule has 164 valence electrons. The molecule has 0 aliphatic heterocycles. The molecule has 0 heterocycles. The van der Waals surface area contributed by atoms with Crippen molar-refractivity contribution in [2.24, 2.45) is 0 Å². The van der Waals surface area contributed by atoms with Gasteiger partial charge in [0.15, 0.2) is 11.5 Å². The first-order valence-electron chi connectivity index (χ1n) is 9.43. The van der Waals surface area contributed by atoms with Crippen molar-refractivity contribution in [2.45, 2.75) is 24.8 Å². The van der Waals surface area contributed by atoms with Gasteiger partial charge in [-0.25, -0.2) is 8.42 Å². The Morgan fingerprint density at radius 3 is 2.27 bits per heavy atom. The number of ether oxygens (including phenoxy) is 3. The number of likely N-dealkylation sites (N-methyl/N-ethyl adjacent to an activating group) is 1. The van der Waals surface area contributed by atoms with Crippen LogP contribution in [-0.4, -0.2) is 53.0 Å². The van der Waals surface area contributed by atoms with Crippen molar-refractivity contribution in [2.75, 3.05) is 34.4 Å². The van der Waals surface area contributed by atoms with E-state index in [1.807, 2.05) is 13.0 Å². The first-order chi connectivity index (χ1) is 14.2. The third kappa shape index (κ3) is 5.64. The molecule has 0 saturated carbocycles. The van der Waals surface area contributed by atoms with E-state index in [0.29, 0.717) is 23.9 Å². The summed E-state index contributed by atoms with van der Waals surface area (Å²) in [6.07, 6.45) is 0. The second-order valence-electron chi connectivity index (χ2n) is 6.57. The molecular formula is C21H28N2O6S. The number of rotatable bonds is 10. The lowest BCUT2D eigenvalue weighted by Crippen LogP contribution is -2.39. The van der Waals surface area contributed by atoms with Gasteiger partial charge < -0.3 is 19.5 Å². The highest BCUT2D eigenvalue weighted by Gasteiger charge is 2.24. The normalized spacial score (nSPS) is 12.3. The van der Waals surface area contributed by atoms with Crippen LogP contribution in [0.15, 0.2) is 47.4 Å². The lowest BCUT2D eigenvalue weighted by molar-refractivity contribution is -0.121. The molecule has 2 rings (SSSR count). The molecule has 0 unspecified atom stereocenters. The predicted octanol–water partition coefficient (Wildman–Crippen LogP) is 2.60. The molecule has 1 amide bonds. The van der Waals surface area contributed by atoms with Crippen LogP contribution in [0.25, 0.3) is 0 Å². The van der Waals surface area contributed by atoms with Crippen LogP contribution >= 0.6 is 0 Å². The van der Waals surface area contributed by atoms with Crippen molar-refractivity contribution >= 4 is 15.9 Å². The van der Waals surface area contributed by atoms with Crippen LogP contribution in [0.5, 0.6) is 17.2 Å². The fourth-order valence-electron chi connectivity index (χ4n) is 2.83. The molecule has 0 aromatic heterocycles. The molecule has 2 aromatic carbocycles. The van der Waals surface area contributed by atoms with Crippen molar-refractivity contribution in [3.8, 4) is 17.2 Å². The summed E-state index contributed by atoms with van der Waals surface area (Å²) in [6, 6.07) is 11.1. The Kier molecular flexibility index (Phi) is 8.08. The Bertz CT molecular complexity index is 960. The van der Waals surface area contributed by atoms with E-state index in [0.717, 1.165) is 9.87 Å². The van der Waals surface area contributed by atoms with Gasteiger partial charge in [0.1, 0.15) is 5.75 Å². The van der Waals surface area contributed by atoms with E-state index < -0.39 is 15.9 Å². The fraction of sp³-hybridized carbons (Fsp3) is 0.381. The quantitative estimate of drug-likeness (QED) is 0.615. The van der Waals surface area contributed by atoms with Gasteiger partial charge in [0.25, 0.3) is 0 Å². The van der Waals surface area contributed by atoms with E-state index in [1.54, 1.807) is 38.3 Å². The zero-order valence-corrected chi connectivity index (χ0v) is 18.7. The van der Waals surface area contributed by atoms with Crippen LogP contribution in [0, 0.1) is 0 Å². The van der Waals surface area contributed by atoms with Crippen molar-refractivity contribution in [3.05, 3.63) is 48.0 Å². The van der Waals surface area contributed by atoms with E-state index in [9.17, 15) is 13.2 Å². The number of methoxy groups -OCH3 is 2. The molecule has 0 aliphatic carbocycles. The van der Waals surface area contributed by atoms with E-state index in [1.165, 1.54) is 26.3 Å². The fourth-order valence-corrected chi connectivity index (χ4v) is 3.96. The summed E-state index contributed by atoms with van der Waals surface area (Å²) < 4.78 is 42.3. The van der Waals surface area contributed by atoms with Gasteiger partial charge >= 0.3 is 0 Å². The van der Waals surface area contributed by atoms with Gasteiger partial charge in [-0.05, 0) is 55.8 Å². The second kappa shape index (κ2) is 10.3. The Balaban J connectivity index is 2.04. The second-order valence-corrected chi connectivity index (χ2v) is 8.61. The minimum absolute atomic E-state index is 0.0918. The summed E-state index contributed by atoms with van der Waals surface area (Å²) in [5.74, 6) is 1.29. The molecule has 0 bridgehead atoms. The molecule has 9 heteroatoms. The van der Waals surface area contributed by atoms with Crippen LogP contribution in [0.3, 0.4) is 0 Å². The number of nitrogens with zero attached hydrogens (tertiary/aromatic N) is 1. The standard InChI is InChI=1S/C21H28N2O6S/c1-6-29-17-8-10-18(11-9-17)30(25,26)23(3)14-21(24)22-15(2)16-7-12-19(27-4)20(13-16)28-5/h7-13,15H,6,14H2,1-5H3,(H,22,24)/t15-/m1/s1. The lowest BCUT2D eigenvalue weighted by Gasteiger charge is -2.20. The van der Waals surface area contributed by atoms with Crippen LogP contribution in [0.4, 0.5) is 0 Å². The summed E-state index contributed by atoms with van der Waals surface area (Å²) in [7, 11) is 0.640.